The number of carbonyl (C=O) groups excluding carboxylic acids is 1. The first-order valence-corrected chi connectivity index (χ1v) is 5.83. The molecule has 0 radical (unpaired) electrons. The van der Waals surface area contributed by atoms with Gasteiger partial charge in [-0.25, -0.2) is 13.5 Å². The fourth-order valence-electron chi connectivity index (χ4n) is 1.57. The van der Waals surface area contributed by atoms with Gasteiger partial charge in [-0.05, 0) is 12.1 Å². The van der Waals surface area contributed by atoms with Gasteiger partial charge in [0, 0.05) is 31.0 Å². The number of anilines is 1. The highest BCUT2D eigenvalue weighted by atomic mass is 19.2. The molecule has 2 rings (SSSR count). The maximum atomic E-state index is 13.0. The van der Waals surface area contributed by atoms with Crippen LogP contribution in [-0.2, 0) is 17.8 Å². The van der Waals surface area contributed by atoms with Gasteiger partial charge in [-0.2, -0.15) is 0 Å². The minimum absolute atomic E-state index is 0.0558. The van der Waals surface area contributed by atoms with Crippen molar-refractivity contribution in [2.75, 3.05) is 11.9 Å². The number of hydrogen-bond donors (Lipinski definition) is 2. The van der Waals surface area contributed by atoms with Gasteiger partial charge in [-0.1, -0.05) is 5.21 Å². The normalized spacial score (nSPS) is 10.6. The third-order valence-corrected chi connectivity index (χ3v) is 2.46. The number of halogens is 2. The summed E-state index contributed by atoms with van der Waals surface area (Å²) < 4.78 is 27.0. The quantitative estimate of drug-likeness (QED) is 0.847. The Kier molecular flexibility index (Phi) is 4.36. The van der Waals surface area contributed by atoms with Crippen molar-refractivity contribution in [2.45, 2.75) is 13.0 Å². The SMILES string of the molecule is O=C(Cn1cc(CCO)nn1)Nc1ccc(F)c(F)c1. The van der Waals surface area contributed by atoms with Crippen LogP contribution in [0.25, 0.3) is 0 Å². The largest absolute Gasteiger partial charge is 0.396 e. The average Bonchev–Trinajstić information content (AvgIpc) is 2.81. The molecular weight excluding hydrogens is 270 g/mol. The van der Waals surface area contributed by atoms with Crippen LogP contribution in [0.3, 0.4) is 0 Å². The predicted molar refractivity (Wildman–Crippen MR) is 65.8 cm³/mol. The number of aliphatic hydroxyl groups is 1. The van der Waals surface area contributed by atoms with E-state index in [0.717, 1.165) is 12.1 Å². The zero-order chi connectivity index (χ0) is 14.5. The molecule has 1 aromatic heterocycles. The first-order chi connectivity index (χ1) is 9.58. The topological polar surface area (TPSA) is 80.0 Å². The van der Waals surface area contributed by atoms with Crippen molar-refractivity contribution >= 4 is 11.6 Å². The summed E-state index contributed by atoms with van der Waals surface area (Å²) >= 11 is 0. The second kappa shape index (κ2) is 6.20. The second-order valence-electron chi connectivity index (χ2n) is 4.06. The van der Waals surface area contributed by atoms with Crippen molar-refractivity contribution in [3.63, 3.8) is 0 Å². The smallest absolute Gasteiger partial charge is 0.246 e. The van der Waals surface area contributed by atoms with Crippen LogP contribution < -0.4 is 5.32 Å². The number of hydrogen-bond acceptors (Lipinski definition) is 4. The molecule has 2 N–H and O–H groups in total. The molecule has 0 aliphatic heterocycles. The number of nitrogens with one attached hydrogen (secondary N) is 1. The molecule has 0 atom stereocenters. The van der Waals surface area contributed by atoms with Crippen molar-refractivity contribution in [3.05, 3.63) is 41.7 Å². The van der Waals surface area contributed by atoms with Gasteiger partial charge in [0.05, 0.1) is 5.69 Å². The fourth-order valence-corrected chi connectivity index (χ4v) is 1.57. The van der Waals surface area contributed by atoms with E-state index in [1.54, 1.807) is 0 Å². The van der Waals surface area contributed by atoms with E-state index in [2.05, 4.69) is 15.6 Å². The molecule has 8 heteroatoms. The van der Waals surface area contributed by atoms with Crippen molar-refractivity contribution in [3.8, 4) is 0 Å². The Morgan fingerprint density at radius 3 is 2.85 bits per heavy atom. The van der Waals surface area contributed by atoms with E-state index in [-0.39, 0.29) is 18.8 Å². The van der Waals surface area contributed by atoms with Crippen molar-refractivity contribution < 1.29 is 18.7 Å². The van der Waals surface area contributed by atoms with Crippen LogP contribution in [0.4, 0.5) is 14.5 Å². The predicted octanol–water partition coefficient (Wildman–Crippen LogP) is 0.730. The third kappa shape index (κ3) is 3.58. The van der Waals surface area contributed by atoms with Gasteiger partial charge < -0.3 is 10.4 Å². The molecule has 1 aromatic carbocycles. The number of rotatable bonds is 5. The molecule has 106 valence electrons. The molecule has 0 aliphatic rings. The van der Waals surface area contributed by atoms with Gasteiger partial charge in [-0.3, -0.25) is 4.79 Å². The van der Waals surface area contributed by atoms with Gasteiger partial charge >= 0.3 is 0 Å². The Morgan fingerprint density at radius 1 is 1.35 bits per heavy atom. The van der Waals surface area contributed by atoms with Gasteiger partial charge in [0.2, 0.25) is 5.91 Å². The molecule has 0 spiro atoms. The summed E-state index contributed by atoms with van der Waals surface area (Å²) in [5.74, 6) is -2.46. The third-order valence-electron chi connectivity index (χ3n) is 2.46. The average molecular weight is 282 g/mol. The monoisotopic (exact) mass is 282 g/mol. The first-order valence-electron chi connectivity index (χ1n) is 5.83. The van der Waals surface area contributed by atoms with Gasteiger partial charge in [0.15, 0.2) is 11.6 Å². The van der Waals surface area contributed by atoms with Crippen molar-refractivity contribution in [1.29, 1.82) is 0 Å². The standard InChI is InChI=1S/C12H12F2N4O2/c13-10-2-1-8(5-11(10)14)15-12(20)7-18-6-9(3-4-19)16-17-18/h1-2,5-6,19H,3-4,7H2,(H,15,20). The Balaban J connectivity index is 1.95. The molecular formula is C12H12F2N4O2. The van der Waals surface area contributed by atoms with Crippen LogP contribution in [-0.4, -0.2) is 32.6 Å². The highest BCUT2D eigenvalue weighted by molar-refractivity contribution is 5.90. The van der Waals surface area contributed by atoms with E-state index < -0.39 is 17.5 Å². The summed E-state index contributed by atoms with van der Waals surface area (Å²) in [6, 6.07) is 3.08. The molecule has 0 bridgehead atoms. The number of nitrogens with zero attached hydrogens (tertiary/aromatic N) is 3. The van der Waals surface area contributed by atoms with Crippen LogP contribution in [0, 0.1) is 11.6 Å². The number of benzene rings is 1. The van der Waals surface area contributed by atoms with E-state index in [4.69, 9.17) is 5.11 Å². The van der Waals surface area contributed by atoms with Crippen molar-refractivity contribution in [2.24, 2.45) is 0 Å². The van der Waals surface area contributed by atoms with Crippen LogP contribution >= 0.6 is 0 Å². The molecule has 6 nitrogen and oxygen atoms in total. The van der Waals surface area contributed by atoms with Crippen molar-refractivity contribution in [1.82, 2.24) is 15.0 Å². The maximum absolute atomic E-state index is 13.0. The zero-order valence-electron chi connectivity index (χ0n) is 10.4. The Morgan fingerprint density at radius 2 is 2.15 bits per heavy atom. The molecule has 0 aliphatic carbocycles. The number of aromatic nitrogens is 3. The lowest BCUT2D eigenvalue weighted by Gasteiger charge is -2.05. The lowest BCUT2D eigenvalue weighted by Crippen LogP contribution is -2.19. The van der Waals surface area contributed by atoms with Gasteiger partial charge in [0.25, 0.3) is 0 Å². The number of aliphatic hydroxyl groups excluding tert-OH is 1. The molecule has 0 saturated heterocycles. The molecule has 0 fully saturated rings. The molecule has 0 unspecified atom stereocenters. The molecule has 20 heavy (non-hydrogen) atoms. The van der Waals surface area contributed by atoms with Gasteiger partial charge in [-0.15, -0.1) is 5.10 Å². The summed E-state index contributed by atoms with van der Waals surface area (Å²) in [5, 5.41) is 18.6. The Hall–Kier alpha value is -2.35. The van der Waals surface area contributed by atoms with E-state index in [0.29, 0.717) is 12.1 Å². The minimum Gasteiger partial charge on any atom is -0.396 e. The van der Waals surface area contributed by atoms with Crippen LogP contribution in [0.5, 0.6) is 0 Å². The molecule has 1 amide bonds. The molecule has 0 saturated carbocycles. The van der Waals surface area contributed by atoms with Crippen LogP contribution in [0.15, 0.2) is 24.4 Å². The maximum Gasteiger partial charge on any atom is 0.246 e. The fraction of sp³-hybridized carbons (Fsp3) is 0.250. The summed E-state index contributed by atoms with van der Waals surface area (Å²) in [7, 11) is 0. The summed E-state index contributed by atoms with van der Waals surface area (Å²) in [4.78, 5) is 11.7. The Bertz CT molecular complexity index is 615. The van der Waals surface area contributed by atoms with E-state index in [9.17, 15) is 13.6 Å². The van der Waals surface area contributed by atoms with E-state index >= 15 is 0 Å². The second-order valence-corrected chi connectivity index (χ2v) is 4.06. The summed E-state index contributed by atoms with van der Waals surface area (Å²) in [5.41, 5.74) is 0.720. The van der Waals surface area contributed by atoms with E-state index in [1.165, 1.54) is 16.9 Å². The lowest BCUT2D eigenvalue weighted by molar-refractivity contribution is -0.116. The first kappa shape index (κ1) is 14.1. The highest BCUT2D eigenvalue weighted by Crippen LogP contribution is 2.13. The van der Waals surface area contributed by atoms with Crippen LogP contribution in [0.1, 0.15) is 5.69 Å². The number of amides is 1. The molecule has 2 aromatic rings. The van der Waals surface area contributed by atoms with E-state index in [1.807, 2.05) is 0 Å². The summed E-state index contributed by atoms with van der Waals surface area (Å²) in [6.07, 6.45) is 1.88. The summed E-state index contributed by atoms with van der Waals surface area (Å²) in [6.45, 7) is -0.169. The van der Waals surface area contributed by atoms with Crippen LogP contribution in [0.2, 0.25) is 0 Å². The molecule has 1 heterocycles. The minimum atomic E-state index is -1.03. The van der Waals surface area contributed by atoms with Gasteiger partial charge in [0.1, 0.15) is 6.54 Å². The number of carbonyl (C=O) groups is 1. The zero-order valence-corrected chi connectivity index (χ0v) is 10.4. The lowest BCUT2D eigenvalue weighted by atomic mass is 10.3. The Labute approximate surface area is 113 Å². The highest BCUT2D eigenvalue weighted by Gasteiger charge is 2.08.